The van der Waals surface area contributed by atoms with Gasteiger partial charge in [0.2, 0.25) is 5.89 Å². The highest BCUT2D eigenvalue weighted by molar-refractivity contribution is 5.99. The van der Waals surface area contributed by atoms with Crippen LogP contribution in [-0.4, -0.2) is 34.1 Å². The summed E-state index contributed by atoms with van der Waals surface area (Å²) in [6.45, 7) is 0.316. The number of hydrogen-bond acceptors (Lipinski definition) is 8. The van der Waals surface area contributed by atoms with E-state index in [2.05, 4.69) is 20.4 Å². The van der Waals surface area contributed by atoms with Crippen molar-refractivity contribution in [3.8, 4) is 0 Å². The summed E-state index contributed by atoms with van der Waals surface area (Å²) >= 11 is 0. The van der Waals surface area contributed by atoms with Gasteiger partial charge in [-0.05, 0) is 17.3 Å². The number of anilines is 2. The summed E-state index contributed by atoms with van der Waals surface area (Å²) in [5.41, 5.74) is 0.754. The van der Waals surface area contributed by atoms with Crippen molar-refractivity contribution in [1.29, 1.82) is 0 Å². The average molecular weight is 314 g/mol. The zero-order valence-corrected chi connectivity index (χ0v) is 12.6. The number of benzene rings is 1. The fourth-order valence-electron chi connectivity index (χ4n) is 2.16. The molecule has 9 nitrogen and oxygen atoms in total. The molecule has 0 bridgehead atoms. The molecule has 0 amide bonds. The van der Waals surface area contributed by atoms with E-state index in [-0.39, 0.29) is 5.69 Å². The molecule has 0 aliphatic heterocycles. The molecule has 0 radical (unpaired) electrons. The van der Waals surface area contributed by atoms with Crippen LogP contribution in [-0.2, 0) is 6.54 Å². The van der Waals surface area contributed by atoms with Crippen LogP contribution in [0.25, 0.3) is 10.8 Å². The molecule has 0 saturated heterocycles. The maximum atomic E-state index is 11.1. The lowest BCUT2D eigenvalue weighted by molar-refractivity contribution is -0.383. The summed E-state index contributed by atoms with van der Waals surface area (Å²) in [4.78, 5) is 20.6. The Labute approximate surface area is 131 Å². The molecule has 0 saturated carbocycles. The number of nitro benzene ring substituents is 1. The number of aromatic nitrogens is 3. The Balaban J connectivity index is 1.88. The Kier molecular flexibility index (Phi) is 3.75. The molecule has 118 valence electrons. The molecule has 0 aliphatic rings. The molecule has 0 fully saturated rings. The quantitative estimate of drug-likeness (QED) is 0.563. The van der Waals surface area contributed by atoms with Crippen LogP contribution in [0.3, 0.4) is 0 Å². The molecule has 3 aromatic rings. The molecule has 23 heavy (non-hydrogen) atoms. The van der Waals surface area contributed by atoms with Gasteiger partial charge in [0, 0.05) is 43.6 Å². The van der Waals surface area contributed by atoms with Gasteiger partial charge in [0.25, 0.3) is 11.6 Å². The maximum absolute atomic E-state index is 11.1. The Morgan fingerprint density at radius 3 is 2.83 bits per heavy atom. The SMILES string of the molecule is CN(C)c1noc(CNc2ccc([N+](=O)[O-])c3cnccc23)n1. The van der Waals surface area contributed by atoms with Crippen LogP contribution in [0.5, 0.6) is 0 Å². The number of nitro groups is 1. The Morgan fingerprint density at radius 1 is 1.30 bits per heavy atom. The van der Waals surface area contributed by atoms with Gasteiger partial charge in [-0.25, -0.2) is 0 Å². The second kappa shape index (κ2) is 5.87. The van der Waals surface area contributed by atoms with Gasteiger partial charge in [0.05, 0.1) is 16.9 Å². The first-order chi connectivity index (χ1) is 11.1. The second-order valence-corrected chi connectivity index (χ2v) is 5.05. The molecule has 2 heterocycles. The standard InChI is InChI=1S/C14H14N6O3/c1-19(2)14-17-13(23-18-14)8-16-11-3-4-12(20(21)22)10-7-15-6-5-9(10)11/h3-7,16H,8H2,1-2H3. The molecule has 2 aromatic heterocycles. The number of fused-ring (bicyclic) bond motifs is 1. The molecule has 0 spiro atoms. The van der Waals surface area contributed by atoms with Crippen LogP contribution in [0, 0.1) is 10.1 Å². The van der Waals surface area contributed by atoms with Crippen LogP contribution < -0.4 is 10.2 Å². The smallest absolute Gasteiger partial charge is 0.278 e. The summed E-state index contributed by atoms with van der Waals surface area (Å²) in [6, 6.07) is 4.83. The molecule has 0 atom stereocenters. The van der Waals surface area contributed by atoms with Gasteiger partial charge in [-0.15, -0.1) is 0 Å². The Morgan fingerprint density at radius 2 is 2.13 bits per heavy atom. The average Bonchev–Trinajstić information content (AvgIpc) is 3.01. The van der Waals surface area contributed by atoms with Gasteiger partial charge in [-0.3, -0.25) is 15.1 Å². The largest absolute Gasteiger partial charge is 0.376 e. The first kappa shape index (κ1) is 14.7. The van der Waals surface area contributed by atoms with Gasteiger partial charge < -0.3 is 14.7 Å². The highest BCUT2D eigenvalue weighted by atomic mass is 16.6. The van der Waals surface area contributed by atoms with Crippen molar-refractivity contribution in [2.24, 2.45) is 0 Å². The van der Waals surface area contributed by atoms with Crippen molar-refractivity contribution >= 4 is 28.1 Å². The minimum atomic E-state index is -0.421. The van der Waals surface area contributed by atoms with Crippen LogP contribution in [0.1, 0.15) is 5.89 Å². The molecule has 3 rings (SSSR count). The third-order valence-electron chi connectivity index (χ3n) is 3.28. The van der Waals surface area contributed by atoms with Crippen molar-refractivity contribution in [2.75, 3.05) is 24.3 Å². The van der Waals surface area contributed by atoms with E-state index in [4.69, 9.17) is 4.52 Å². The third-order valence-corrected chi connectivity index (χ3v) is 3.28. The lowest BCUT2D eigenvalue weighted by Crippen LogP contribution is -2.10. The van der Waals surface area contributed by atoms with Gasteiger partial charge >= 0.3 is 0 Å². The normalized spacial score (nSPS) is 10.7. The van der Waals surface area contributed by atoms with Gasteiger partial charge in [-0.1, -0.05) is 0 Å². The first-order valence-corrected chi connectivity index (χ1v) is 6.81. The number of nitrogens with one attached hydrogen (secondary N) is 1. The lowest BCUT2D eigenvalue weighted by Gasteiger charge is -2.08. The Hall–Kier alpha value is -3.23. The number of hydrogen-bond donors (Lipinski definition) is 1. The third kappa shape index (κ3) is 2.89. The topological polar surface area (TPSA) is 110 Å². The summed E-state index contributed by atoms with van der Waals surface area (Å²) in [6.07, 6.45) is 3.07. The van der Waals surface area contributed by atoms with Crippen molar-refractivity contribution in [3.05, 3.63) is 46.6 Å². The van der Waals surface area contributed by atoms with Crippen molar-refractivity contribution in [2.45, 2.75) is 6.54 Å². The predicted octanol–water partition coefficient (Wildman–Crippen LogP) is 2.20. The lowest BCUT2D eigenvalue weighted by atomic mass is 10.1. The fourth-order valence-corrected chi connectivity index (χ4v) is 2.16. The van der Waals surface area contributed by atoms with Crippen LogP contribution >= 0.6 is 0 Å². The van der Waals surface area contributed by atoms with Crippen molar-refractivity contribution < 1.29 is 9.45 Å². The van der Waals surface area contributed by atoms with E-state index in [1.165, 1.54) is 12.3 Å². The number of nitrogens with zero attached hydrogens (tertiary/aromatic N) is 5. The van der Waals surface area contributed by atoms with E-state index in [0.717, 1.165) is 5.69 Å². The summed E-state index contributed by atoms with van der Waals surface area (Å²) < 4.78 is 5.14. The van der Waals surface area contributed by atoms with E-state index in [0.29, 0.717) is 29.2 Å². The molecular formula is C14H14N6O3. The molecule has 1 N–H and O–H groups in total. The van der Waals surface area contributed by atoms with Gasteiger partial charge in [0.15, 0.2) is 0 Å². The van der Waals surface area contributed by atoms with Crippen LogP contribution in [0.15, 0.2) is 35.1 Å². The van der Waals surface area contributed by atoms with Crippen LogP contribution in [0.2, 0.25) is 0 Å². The molecule has 1 aromatic carbocycles. The first-order valence-electron chi connectivity index (χ1n) is 6.81. The second-order valence-electron chi connectivity index (χ2n) is 5.05. The molecule has 0 unspecified atom stereocenters. The Bertz CT molecular complexity index is 861. The van der Waals surface area contributed by atoms with Crippen LogP contribution in [0.4, 0.5) is 17.3 Å². The minimum absolute atomic E-state index is 0.0198. The van der Waals surface area contributed by atoms with E-state index >= 15 is 0 Å². The molecule has 9 heteroatoms. The van der Waals surface area contributed by atoms with Crippen molar-refractivity contribution in [3.63, 3.8) is 0 Å². The van der Waals surface area contributed by atoms with E-state index in [9.17, 15) is 10.1 Å². The molecular weight excluding hydrogens is 300 g/mol. The maximum Gasteiger partial charge on any atom is 0.278 e. The monoisotopic (exact) mass is 314 g/mol. The summed E-state index contributed by atoms with van der Waals surface area (Å²) in [5.74, 6) is 0.911. The number of non-ortho nitro benzene ring substituents is 1. The summed E-state index contributed by atoms with van der Waals surface area (Å²) in [5, 5.41) is 19.3. The predicted molar refractivity (Wildman–Crippen MR) is 84.3 cm³/mol. The highest BCUT2D eigenvalue weighted by Gasteiger charge is 2.15. The van der Waals surface area contributed by atoms with E-state index in [1.54, 1.807) is 23.2 Å². The zero-order chi connectivity index (χ0) is 16.4. The zero-order valence-electron chi connectivity index (χ0n) is 12.6. The van der Waals surface area contributed by atoms with E-state index < -0.39 is 4.92 Å². The van der Waals surface area contributed by atoms with Crippen molar-refractivity contribution in [1.82, 2.24) is 15.1 Å². The number of rotatable bonds is 5. The summed E-state index contributed by atoms with van der Waals surface area (Å²) in [7, 11) is 3.64. The number of pyridine rings is 1. The minimum Gasteiger partial charge on any atom is -0.376 e. The van der Waals surface area contributed by atoms with E-state index in [1.807, 2.05) is 14.1 Å². The molecule has 0 aliphatic carbocycles. The highest BCUT2D eigenvalue weighted by Crippen LogP contribution is 2.30. The fraction of sp³-hybridized carbons (Fsp3) is 0.214. The van der Waals surface area contributed by atoms with Gasteiger partial charge in [0.1, 0.15) is 0 Å². The van der Waals surface area contributed by atoms with Gasteiger partial charge in [-0.2, -0.15) is 4.98 Å².